The lowest BCUT2D eigenvalue weighted by molar-refractivity contribution is 0.0696. The third kappa shape index (κ3) is 3.05. The summed E-state index contributed by atoms with van der Waals surface area (Å²) in [5.74, 6) is -0.624. The van der Waals surface area contributed by atoms with E-state index in [1.54, 1.807) is 12.1 Å². The molecule has 1 aromatic heterocycles. The number of aliphatic hydroxyl groups excluding tert-OH is 1. The molecule has 1 heterocycles. The third-order valence-electron chi connectivity index (χ3n) is 3.51. The Morgan fingerprint density at radius 1 is 1.44 bits per heavy atom. The van der Waals surface area contributed by atoms with Crippen molar-refractivity contribution in [1.29, 1.82) is 0 Å². The van der Waals surface area contributed by atoms with Crippen LogP contribution < -0.4 is 5.32 Å². The summed E-state index contributed by atoms with van der Waals surface area (Å²) in [6, 6.07) is 3.63. The van der Waals surface area contributed by atoms with E-state index in [0.29, 0.717) is 18.5 Å². The number of aliphatic hydroxyl groups is 1. The second-order valence-electron chi connectivity index (χ2n) is 4.70. The van der Waals surface area contributed by atoms with E-state index in [1.165, 1.54) is 6.20 Å². The van der Waals surface area contributed by atoms with Gasteiger partial charge in [0.15, 0.2) is 0 Å². The number of nitrogens with one attached hydrogen (secondary N) is 1. The molecule has 1 saturated carbocycles. The van der Waals surface area contributed by atoms with Crippen LogP contribution in [0.5, 0.6) is 0 Å². The van der Waals surface area contributed by atoms with Crippen LogP contribution in [0, 0.1) is 5.92 Å². The molecular formula is C13H18N2O3. The molecule has 2 rings (SSSR count). The van der Waals surface area contributed by atoms with Gasteiger partial charge < -0.3 is 15.5 Å². The summed E-state index contributed by atoms with van der Waals surface area (Å²) in [5.41, 5.74) is 1.02. The van der Waals surface area contributed by atoms with Gasteiger partial charge in [-0.25, -0.2) is 4.79 Å². The number of aromatic carboxylic acids is 1. The minimum atomic E-state index is -0.960. The molecule has 1 aliphatic carbocycles. The Labute approximate surface area is 106 Å². The topological polar surface area (TPSA) is 82.5 Å². The molecule has 0 aliphatic heterocycles. The Bertz CT molecular complexity index is 405. The highest BCUT2D eigenvalue weighted by Crippen LogP contribution is 2.25. The lowest BCUT2D eigenvalue weighted by Crippen LogP contribution is -2.33. The molecule has 0 spiro atoms. The quantitative estimate of drug-likeness (QED) is 0.727. The van der Waals surface area contributed by atoms with Crippen molar-refractivity contribution < 1.29 is 15.0 Å². The Morgan fingerprint density at radius 3 is 2.89 bits per heavy atom. The van der Waals surface area contributed by atoms with E-state index in [9.17, 15) is 9.90 Å². The van der Waals surface area contributed by atoms with Crippen LogP contribution in [0.15, 0.2) is 18.3 Å². The van der Waals surface area contributed by atoms with Crippen LogP contribution in [0.2, 0.25) is 0 Å². The number of carboxylic acid groups (broad SMARTS) is 1. The van der Waals surface area contributed by atoms with Gasteiger partial charge in [-0.15, -0.1) is 0 Å². The highest BCUT2D eigenvalue weighted by Gasteiger charge is 2.25. The molecule has 2 unspecified atom stereocenters. The minimum absolute atomic E-state index is 0.202. The first-order valence-electron chi connectivity index (χ1n) is 6.23. The summed E-state index contributed by atoms with van der Waals surface area (Å²) in [6.07, 6.45) is 4.67. The number of hydrogen-bond acceptors (Lipinski definition) is 4. The zero-order valence-electron chi connectivity index (χ0n) is 10.2. The van der Waals surface area contributed by atoms with Crippen molar-refractivity contribution in [2.75, 3.05) is 6.61 Å². The molecule has 1 aliphatic rings. The average molecular weight is 250 g/mol. The number of hydrogen-bond donors (Lipinski definition) is 3. The van der Waals surface area contributed by atoms with E-state index >= 15 is 0 Å². The van der Waals surface area contributed by atoms with Gasteiger partial charge >= 0.3 is 5.97 Å². The van der Waals surface area contributed by atoms with Crippen LogP contribution in [-0.2, 0) is 6.54 Å². The van der Waals surface area contributed by atoms with Gasteiger partial charge in [-0.3, -0.25) is 4.98 Å². The van der Waals surface area contributed by atoms with E-state index in [1.807, 2.05) is 0 Å². The highest BCUT2D eigenvalue weighted by molar-refractivity contribution is 5.87. The van der Waals surface area contributed by atoms with Crippen molar-refractivity contribution in [2.24, 2.45) is 5.92 Å². The maximum absolute atomic E-state index is 10.7. The molecule has 0 aromatic carbocycles. The number of nitrogens with zero attached hydrogens (tertiary/aromatic N) is 1. The van der Waals surface area contributed by atoms with Gasteiger partial charge in [0, 0.05) is 25.4 Å². The number of carbonyl (C=O) groups is 1. The summed E-state index contributed by atoms with van der Waals surface area (Å²) in [4.78, 5) is 14.8. The summed E-state index contributed by atoms with van der Waals surface area (Å²) < 4.78 is 0. The van der Waals surface area contributed by atoms with Gasteiger partial charge in [-0.05, 0) is 30.9 Å². The Kier molecular flexibility index (Phi) is 4.28. The molecule has 0 amide bonds. The van der Waals surface area contributed by atoms with Crippen molar-refractivity contribution >= 4 is 5.97 Å². The monoisotopic (exact) mass is 250 g/mol. The van der Waals surface area contributed by atoms with Gasteiger partial charge in [0.25, 0.3) is 0 Å². The normalized spacial score (nSPS) is 23.2. The van der Waals surface area contributed by atoms with E-state index < -0.39 is 5.97 Å². The molecule has 0 saturated heterocycles. The van der Waals surface area contributed by atoms with Crippen molar-refractivity contribution in [3.8, 4) is 0 Å². The maximum atomic E-state index is 10.7. The summed E-state index contributed by atoms with van der Waals surface area (Å²) in [5, 5.41) is 21.3. The van der Waals surface area contributed by atoms with Gasteiger partial charge in [-0.1, -0.05) is 6.42 Å². The third-order valence-corrected chi connectivity index (χ3v) is 3.51. The smallest absolute Gasteiger partial charge is 0.337 e. The van der Waals surface area contributed by atoms with Crippen molar-refractivity contribution in [3.63, 3.8) is 0 Å². The number of carboxylic acids is 1. The Hall–Kier alpha value is -1.46. The summed E-state index contributed by atoms with van der Waals surface area (Å²) in [7, 11) is 0. The van der Waals surface area contributed by atoms with Crippen molar-refractivity contribution in [1.82, 2.24) is 10.3 Å². The predicted molar refractivity (Wildman–Crippen MR) is 66.3 cm³/mol. The van der Waals surface area contributed by atoms with Crippen molar-refractivity contribution in [2.45, 2.75) is 31.8 Å². The molecular weight excluding hydrogens is 232 g/mol. The average Bonchev–Trinajstić information content (AvgIpc) is 2.84. The van der Waals surface area contributed by atoms with Crippen LogP contribution in [0.1, 0.15) is 35.3 Å². The maximum Gasteiger partial charge on any atom is 0.337 e. The first-order valence-corrected chi connectivity index (χ1v) is 6.23. The standard InChI is InChI=1S/C13H18N2O3/c16-8-10-2-1-3-12(10)15-7-11-5-4-9(6-14-11)13(17)18/h4-6,10,12,15-16H,1-3,7-8H2,(H,17,18). The van der Waals surface area contributed by atoms with E-state index in [4.69, 9.17) is 5.11 Å². The largest absolute Gasteiger partial charge is 0.478 e. The zero-order chi connectivity index (χ0) is 13.0. The van der Waals surface area contributed by atoms with Gasteiger partial charge in [0.2, 0.25) is 0 Å². The van der Waals surface area contributed by atoms with E-state index in [0.717, 1.165) is 25.0 Å². The van der Waals surface area contributed by atoms with Crippen LogP contribution in [-0.4, -0.2) is 33.8 Å². The minimum Gasteiger partial charge on any atom is -0.478 e. The van der Waals surface area contributed by atoms with Crippen molar-refractivity contribution in [3.05, 3.63) is 29.6 Å². The number of pyridine rings is 1. The van der Waals surface area contributed by atoms with Crippen LogP contribution in [0.25, 0.3) is 0 Å². The van der Waals surface area contributed by atoms with Gasteiger partial charge in [0.05, 0.1) is 11.3 Å². The van der Waals surface area contributed by atoms with E-state index in [2.05, 4.69) is 10.3 Å². The first kappa shape index (κ1) is 13.0. The fraction of sp³-hybridized carbons (Fsp3) is 0.538. The SMILES string of the molecule is O=C(O)c1ccc(CNC2CCCC2CO)nc1. The molecule has 0 bridgehead atoms. The lowest BCUT2D eigenvalue weighted by atomic mass is 10.1. The molecule has 18 heavy (non-hydrogen) atoms. The van der Waals surface area contributed by atoms with Crippen LogP contribution in [0.3, 0.4) is 0 Å². The highest BCUT2D eigenvalue weighted by atomic mass is 16.4. The predicted octanol–water partition coefficient (Wildman–Crippen LogP) is 1.03. The zero-order valence-corrected chi connectivity index (χ0v) is 10.2. The number of rotatable bonds is 5. The molecule has 0 radical (unpaired) electrons. The van der Waals surface area contributed by atoms with Gasteiger partial charge in [0.1, 0.15) is 0 Å². The second-order valence-corrected chi connectivity index (χ2v) is 4.70. The van der Waals surface area contributed by atoms with Crippen LogP contribution in [0.4, 0.5) is 0 Å². The number of aromatic nitrogens is 1. The molecule has 2 atom stereocenters. The molecule has 5 heteroatoms. The van der Waals surface area contributed by atoms with Gasteiger partial charge in [-0.2, -0.15) is 0 Å². The molecule has 1 fully saturated rings. The molecule has 3 N–H and O–H groups in total. The lowest BCUT2D eigenvalue weighted by Gasteiger charge is -2.18. The molecule has 5 nitrogen and oxygen atoms in total. The van der Waals surface area contributed by atoms with Crippen LogP contribution >= 0.6 is 0 Å². The summed E-state index contributed by atoms with van der Waals surface area (Å²) >= 11 is 0. The Morgan fingerprint density at radius 2 is 2.28 bits per heavy atom. The summed E-state index contributed by atoms with van der Waals surface area (Å²) in [6.45, 7) is 0.837. The van der Waals surface area contributed by atoms with E-state index in [-0.39, 0.29) is 12.2 Å². The molecule has 98 valence electrons. The first-order chi connectivity index (χ1) is 8.70. The second kappa shape index (κ2) is 5.93. The fourth-order valence-electron chi connectivity index (χ4n) is 2.42. The fourth-order valence-corrected chi connectivity index (χ4v) is 2.42. The molecule has 1 aromatic rings. The Balaban J connectivity index is 1.88.